The van der Waals surface area contributed by atoms with Crippen LogP contribution in [0.25, 0.3) is 0 Å². The van der Waals surface area contributed by atoms with Crippen LogP contribution in [0.4, 0.5) is 0 Å². The average molecular weight is 113 g/mol. The van der Waals surface area contributed by atoms with E-state index in [9.17, 15) is 0 Å². The molecule has 1 radical (unpaired) electrons. The van der Waals surface area contributed by atoms with E-state index in [-0.39, 0.29) is 0 Å². The van der Waals surface area contributed by atoms with Crippen molar-refractivity contribution in [2.75, 3.05) is 0 Å². The van der Waals surface area contributed by atoms with Gasteiger partial charge in [-0.25, -0.2) is 0 Å². The number of ether oxygens (including phenoxy) is 1. The lowest BCUT2D eigenvalue weighted by molar-refractivity contribution is 0.275. The molecular weight excluding hydrogens is 100 g/mol. The monoisotopic (exact) mass is 113 g/mol. The van der Waals surface area contributed by atoms with Crippen LogP contribution in [0.2, 0.25) is 0 Å². The highest BCUT2D eigenvalue weighted by molar-refractivity contribution is 4.75. The minimum atomic E-state index is 0.981. The second-order valence-electron chi connectivity index (χ2n) is 1.81. The van der Waals surface area contributed by atoms with Gasteiger partial charge in [-0.15, -0.1) is 0 Å². The van der Waals surface area contributed by atoms with Crippen LogP contribution in [0.1, 0.15) is 27.2 Å². The molecule has 1 nitrogen and oxygen atoms in total. The van der Waals surface area contributed by atoms with Crippen molar-refractivity contribution in [1.82, 2.24) is 0 Å². The Morgan fingerprint density at radius 1 is 1.50 bits per heavy atom. The Kier molecular flexibility index (Phi) is 4.42. The van der Waals surface area contributed by atoms with Crippen molar-refractivity contribution in [3.63, 3.8) is 0 Å². The molecule has 0 aliphatic heterocycles. The Morgan fingerprint density at radius 3 is 2.50 bits per heavy atom. The van der Waals surface area contributed by atoms with E-state index in [1.807, 2.05) is 19.9 Å². The minimum absolute atomic E-state index is 0.981. The molecule has 1 heteroatoms. The summed E-state index contributed by atoms with van der Waals surface area (Å²) in [5.41, 5.74) is 0. The minimum Gasteiger partial charge on any atom is -0.492 e. The summed E-state index contributed by atoms with van der Waals surface area (Å²) in [6.07, 6.45) is 5.71. The van der Waals surface area contributed by atoms with E-state index in [0.717, 1.165) is 12.5 Å². The molecule has 0 saturated carbocycles. The molecule has 0 bridgehead atoms. The fraction of sp³-hybridized carbons (Fsp3) is 0.571. The zero-order chi connectivity index (χ0) is 6.41. The summed E-state index contributed by atoms with van der Waals surface area (Å²) in [5.74, 6) is 0. The third-order valence-electron chi connectivity index (χ3n) is 0.636. The molecule has 0 rings (SSSR count). The van der Waals surface area contributed by atoms with E-state index >= 15 is 0 Å². The Balaban J connectivity index is 3.03. The molecule has 0 unspecified atom stereocenters. The van der Waals surface area contributed by atoms with Crippen LogP contribution < -0.4 is 0 Å². The molecule has 0 aromatic heterocycles. The summed E-state index contributed by atoms with van der Waals surface area (Å²) >= 11 is 0. The summed E-state index contributed by atoms with van der Waals surface area (Å²) in [6, 6.07) is 0. The molecule has 0 atom stereocenters. The molecule has 0 aliphatic carbocycles. The molecule has 0 heterocycles. The van der Waals surface area contributed by atoms with Gasteiger partial charge in [0.2, 0.25) is 0 Å². The highest BCUT2D eigenvalue weighted by Gasteiger charge is 1.85. The van der Waals surface area contributed by atoms with Gasteiger partial charge in [0.15, 0.2) is 0 Å². The Morgan fingerprint density at radius 2 is 2.12 bits per heavy atom. The molecule has 0 saturated heterocycles. The summed E-state index contributed by atoms with van der Waals surface area (Å²) in [7, 11) is 0. The van der Waals surface area contributed by atoms with Crippen LogP contribution in [0.3, 0.4) is 0 Å². The van der Waals surface area contributed by atoms with E-state index < -0.39 is 0 Å². The maximum atomic E-state index is 5.02. The zero-order valence-electron chi connectivity index (χ0n) is 5.77. The van der Waals surface area contributed by atoms with Gasteiger partial charge in [-0.05, 0) is 20.3 Å². The highest BCUT2D eigenvalue weighted by Crippen LogP contribution is 1.97. The van der Waals surface area contributed by atoms with E-state index in [1.54, 1.807) is 6.26 Å². The first-order valence-electron chi connectivity index (χ1n) is 2.89. The van der Waals surface area contributed by atoms with Crippen LogP contribution in [-0.2, 0) is 4.74 Å². The first kappa shape index (κ1) is 7.54. The van der Waals surface area contributed by atoms with Crippen LogP contribution >= 0.6 is 0 Å². The van der Waals surface area contributed by atoms with Crippen molar-refractivity contribution in [2.45, 2.75) is 27.2 Å². The van der Waals surface area contributed by atoms with Gasteiger partial charge in [0.1, 0.15) is 6.10 Å². The molecular formula is C7H13O. The lowest BCUT2D eigenvalue weighted by Crippen LogP contribution is -1.82. The summed E-state index contributed by atoms with van der Waals surface area (Å²) in [4.78, 5) is 0. The molecule has 0 aromatic carbocycles. The number of hydrogen-bond donors (Lipinski definition) is 0. The van der Waals surface area contributed by atoms with Crippen LogP contribution in [0.15, 0.2) is 12.3 Å². The zero-order valence-corrected chi connectivity index (χ0v) is 5.77. The van der Waals surface area contributed by atoms with Gasteiger partial charge in [0.05, 0.1) is 6.26 Å². The van der Waals surface area contributed by atoms with Crippen LogP contribution in [0.5, 0.6) is 0 Å². The van der Waals surface area contributed by atoms with Gasteiger partial charge < -0.3 is 4.74 Å². The third-order valence-corrected chi connectivity index (χ3v) is 0.636. The quantitative estimate of drug-likeness (QED) is 0.511. The predicted molar refractivity (Wildman–Crippen MR) is 35.1 cm³/mol. The molecule has 8 heavy (non-hydrogen) atoms. The van der Waals surface area contributed by atoms with Crippen molar-refractivity contribution >= 4 is 0 Å². The van der Waals surface area contributed by atoms with Crippen molar-refractivity contribution in [3.05, 3.63) is 18.4 Å². The van der Waals surface area contributed by atoms with Crippen molar-refractivity contribution in [3.8, 4) is 0 Å². The predicted octanol–water partition coefficient (Wildman–Crippen LogP) is 2.50. The topological polar surface area (TPSA) is 9.23 Å². The average Bonchev–Trinajstić information content (AvgIpc) is 1.66. The first-order chi connectivity index (χ1) is 3.77. The molecule has 0 aromatic rings. The standard InChI is InChI=1S/C7H13O/c1-4-5-6-8-7(2)3/h5-6H,4H2,1-3H3. The van der Waals surface area contributed by atoms with Crippen LogP contribution in [0, 0.1) is 6.10 Å². The number of hydrogen-bond acceptors (Lipinski definition) is 1. The van der Waals surface area contributed by atoms with E-state index in [0.29, 0.717) is 0 Å². The first-order valence-corrected chi connectivity index (χ1v) is 2.89. The third kappa shape index (κ3) is 5.54. The molecule has 47 valence electrons. The van der Waals surface area contributed by atoms with Gasteiger partial charge in [0, 0.05) is 0 Å². The molecule has 0 spiro atoms. The Bertz CT molecular complexity index is 64.8. The largest absolute Gasteiger partial charge is 0.492 e. The van der Waals surface area contributed by atoms with Gasteiger partial charge in [-0.2, -0.15) is 0 Å². The van der Waals surface area contributed by atoms with Crippen molar-refractivity contribution in [2.24, 2.45) is 0 Å². The molecule has 0 N–H and O–H groups in total. The fourth-order valence-corrected chi connectivity index (χ4v) is 0.280. The van der Waals surface area contributed by atoms with Crippen LogP contribution in [-0.4, -0.2) is 0 Å². The normalized spacial score (nSPS) is 11.0. The van der Waals surface area contributed by atoms with Gasteiger partial charge in [-0.3, -0.25) is 0 Å². The summed E-state index contributed by atoms with van der Waals surface area (Å²) in [6.45, 7) is 5.94. The molecule has 0 amide bonds. The highest BCUT2D eigenvalue weighted by atomic mass is 16.5. The van der Waals surface area contributed by atoms with E-state index in [1.165, 1.54) is 0 Å². The fourth-order valence-electron chi connectivity index (χ4n) is 0.280. The molecule has 0 fully saturated rings. The maximum absolute atomic E-state index is 5.02. The second kappa shape index (κ2) is 4.69. The van der Waals surface area contributed by atoms with Gasteiger partial charge in [-0.1, -0.05) is 13.0 Å². The number of rotatable bonds is 3. The number of allylic oxidation sites excluding steroid dienone is 1. The summed E-state index contributed by atoms with van der Waals surface area (Å²) < 4.78 is 5.02. The van der Waals surface area contributed by atoms with E-state index in [4.69, 9.17) is 4.74 Å². The van der Waals surface area contributed by atoms with Gasteiger partial charge >= 0.3 is 0 Å². The molecule has 0 aliphatic rings. The summed E-state index contributed by atoms with van der Waals surface area (Å²) in [5, 5.41) is 0. The SMILES string of the molecule is CCC=CO[C](C)C. The van der Waals surface area contributed by atoms with E-state index in [2.05, 4.69) is 6.92 Å². The smallest absolute Gasteiger partial charge is 0.141 e. The Labute approximate surface area is 51.4 Å². The van der Waals surface area contributed by atoms with Crippen molar-refractivity contribution < 1.29 is 4.74 Å². The maximum Gasteiger partial charge on any atom is 0.141 e. The Hall–Kier alpha value is -0.460. The second-order valence-corrected chi connectivity index (χ2v) is 1.81. The van der Waals surface area contributed by atoms with Crippen molar-refractivity contribution in [1.29, 1.82) is 0 Å². The van der Waals surface area contributed by atoms with Gasteiger partial charge in [0.25, 0.3) is 0 Å². The lowest BCUT2D eigenvalue weighted by atomic mass is 10.5. The lowest BCUT2D eigenvalue weighted by Gasteiger charge is -1.99.